The highest BCUT2D eigenvalue weighted by Gasteiger charge is 2.05. The van der Waals surface area contributed by atoms with Crippen molar-refractivity contribution in [2.24, 2.45) is 0 Å². The number of hydrogen-bond donors (Lipinski definition) is 1. The molecule has 0 saturated carbocycles. The molecule has 0 saturated heterocycles. The normalized spacial score (nSPS) is 9.56. The van der Waals surface area contributed by atoms with Crippen molar-refractivity contribution in [3.63, 3.8) is 0 Å². The Morgan fingerprint density at radius 2 is 2.44 bits per heavy atom. The van der Waals surface area contributed by atoms with Crippen LogP contribution in [0.25, 0.3) is 0 Å². The van der Waals surface area contributed by atoms with Gasteiger partial charge in [-0.1, -0.05) is 11.6 Å². The highest BCUT2D eigenvalue weighted by Crippen LogP contribution is 2.36. The van der Waals surface area contributed by atoms with Crippen LogP contribution in [0.15, 0.2) is 5.38 Å². The van der Waals surface area contributed by atoms with E-state index < -0.39 is 0 Å². The molecule has 0 radical (unpaired) electrons. The third-order valence-corrected chi connectivity index (χ3v) is 2.14. The fourth-order valence-electron chi connectivity index (χ4n) is 0.538. The monoisotopic (exact) mass is 163 g/mol. The average molecular weight is 164 g/mol. The van der Waals surface area contributed by atoms with Gasteiger partial charge >= 0.3 is 0 Å². The first-order valence-electron chi connectivity index (χ1n) is 2.32. The molecule has 0 aliphatic carbocycles. The van der Waals surface area contributed by atoms with Crippen LogP contribution in [-0.2, 0) is 0 Å². The Hall–Kier alpha value is -0.410. The molecule has 4 heteroatoms. The van der Waals surface area contributed by atoms with Crippen LogP contribution in [0.4, 0.5) is 5.00 Å². The number of halogens is 1. The molecule has 0 bridgehead atoms. The highest BCUT2D eigenvalue weighted by atomic mass is 35.5. The molecule has 1 heterocycles. The summed E-state index contributed by atoms with van der Waals surface area (Å²) in [4.78, 5) is 0. The number of hydrogen-bond acceptors (Lipinski definition) is 3. The number of rotatable bonds is 1. The van der Waals surface area contributed by atoms with E-state index >= 15 is 0 Å². The summed E-state index contributed by atoms with van der Waals surface area (Å²) in [6.07, 6.45) is 0. The van der Waals surface area contributed by atoms with Gasteiger partial charge in [-0.3, -0.25) is 0 Å². The van der Waals surface area contributed by atoms with Crippen LogP contribution in [0.3, 0.4) is 0 Å². The maximum atomic E-state index is 5.65. The topological polar surface area (TPSA) is 35.2 Å². The summed E-state index contributed by atoms with van der Waals surface area (Å²) in [5.74, 6) is 0.585. The van der Waals surface area contributed by atoms with Gasteiger partial charge in [0.05, 0.1) is 12.1 Å². The zero-order valence-electron chi connectivity index (χ0n) is 4.85. The summed E-state index contributed by atoms with van der Waals surface area (Å²) < 4.78 is 4.87. The van der Waals surface area contributed by atoms with Crippen LogP contribution >= 0.6 is 22.9 Å². The minimum atomic E-state index is 0.583. The summed E-state index contributed by atoms with van der Waals surface area (Å²) in [5, 5.41) is 2.96. The lowest BCUT2D eigenvalue weighted by Gasteiger charge is -1.95. The average Bonchev–Trinajstić information content (AvgIpc) is 2.12. The number of ether oxygens (including phenoxy) is 1. The molecular formula is C5H6ClNOS. The van der Waals surface area contributed by atoms with Crippen molar-refractivity contribution in [1.82, 2.24) is 0 Å². The molecule has 50 valence electrons. The molecule has 0 unspecified atom stereocenters. The third-order valence-electron chi connectivity index (χ3n) is 0.934. The second-order valence-electron chi connectivity index (χ2n) is 1.48. The van der Waals surface area contributed by atoms with Gasteiger partial charge in [-0.2, -0.15) is 0 Å². The second kappa shape index (κ2) is 2.45. The van der Waals surface area contributed by atoms with Crippen molar-refractivity contribution in [1.29, 1.82) is 0 Å². The molecule has 9 heavy (non-hydrogen) atoms. The van der Waals surface area contributed by atoms with Crippen molar-refractivity contribution in [3.05, 3.63) is 10.4 Å². The van der Waals surface area contributed by atoms with Gasteiger partial charge < -0.3 is 10.5 Å². The summed E-state index contributed by atoms with van der Waals surface area (Å²) in [5.41, 5.74) is 5.46. The van der Waals surface area contributed by atoms with Crippen molar-refractivity contribution < 1.29 is 4.74 Å². The maximum absolute atomic E-state index is 5.65. The summed E-state index contributed by atoms with van der Waals surface area (Å²) in [7, 11) is 1.55. The lowest BCUT2D eigenvalue weighted by atomic mass is 10.5. The van der Waals surface area contributed by atoms with E-state index in [2.05, 4.69) is 0 Å². The molecular weight excluding hydrogens is 158 g/mol. The Morgan fingerprint density at radius 3 is 2.67 bits per heavy atom. The van der Waals surface area contributed by atoms with Gasteiger partial charge in [0.25, 0.3) is 0 Å². The van der Waals surface area contributed by atoms with Crippen molar-refractivity contribution in [2.75, 3.05) is 12.8 Å². The molecule has 0 aliphatic rings. The molecule has 1 aromatic rings. The molecule has 0 aliphatic heterocycles. The van der Waals surface area contributed by atoms with Gasteiger partial charge in [0, 0.05) is 5.38 Å². The molecule has 2 nitrogen and oxygen atoms in total. The molecule has 2 N–H and O–H groups in total. The van der Waals surface area contributed by atoms with E-state index in [9.17, 15) is 0 Å². The summed E-state index contributed by atoms with van der Waals surface area (Å²) in [6, 6.07) is 0. The van der Waals surface area contributed by atoms with Crippen LogP contribution in [-0.4, -0.2) is 7.11 Å². The van der Waals surface area contributed by atoms with Crippen LogP contribution in [0.2, 0.25) is 5.02 Å². The maximum Gasteiger partial charge on any atom is 0.171 e. The number of thiophene rings is 1. The molecule has 0 spiro atoms. The SMILES string of the molecule is COc1c(Cl)csc1N. The zero-order valence-corrected chi connectivity index (χ0v) is 6.42. The van der Waals surface area contributed by atoms with Gasteiger partial charge in [-0.15, -0.1) is 11.3 Å². The van der Waals surface area contributed by atoms with E-state index in [0.29, 0.717) is 15.8 Å². The Balaban J connectivity index is 3.07. The minimum Gasteiger partial charge on any atom is -0.492 e. The third kappa shape index (κ3) is 1.11. The van der Waals surface area contributed by atoms with Crippen molar-refractivity contribution in [2.45, 2.75) is 0 Å². The minimum absolute atomic E-state index is 0.583. The second-order valence-corrected chi connectivity index (χ2v) is 2.80. The van der Waals surface area contributed by atoms with Gasteiger partial charge in [0.15, 0.2) is 5.75 Å². The van der Waals surface area contributed by atoms with Crippen molar-refractivity contribution in [3.8, 4) is 5.75 Å². The number of methoxy groups -OCH3 is 1. The van der Waals surface area contributed by atoms with Gasteiger partial charge in [-0.25, -0.2) is 0 Å². The van der Waals surface area contributed by atoms with Crippen LogP contribution < -0.4 is 10.5 Å². The molecule has 0 aromatic carbocycles. The first-order valence-corrected chi connectivity index (χ1v) is 3.58. The van der Waals surface area contributed by atoms with Gasteiger partial charge in [-0.05, 0) is 0 Å². The van der Waals surface area contributed by atoms with Gasteiger partial charge in [0.1, 0.15) is 5.00 Å². The Kier molecular flexibility index (Phi) is 1.83. The van der Waals surface area contributed by atoms with E-state index in [1.165, 1.54) is 11.3 Å². The van der Waals surface area contributed by atoms with E-state index in [0.717, 1.165) is 0 Å². The predicted octanol–water partition coefficient (Wildman–Crippen LogP) is 1.99. The summed E-state index contributed by atoms with van der Waals surface area (Å²) >= 11 is 7.03. The van der Waals surface area contributed by atoms with Crippen LogP contribution in [0.5, 0.6) is 5.75 Å². The predicted molar refractivity (Wildman–Crippen MR) is 40.3 cm³/mol. The number of nitrogens with two attached hydrogens (primary N) is 1. The van der Waals surface area contributed by atoms with Gasteiger partial charge in [0.2, 0.25) is 0 Å². The van der Waals surface area contributed by atoms with E-state index in [-0.39, 0.29) is 0 Å². The number of anilines is 1. The molecule has 1 rings (SSSR count). The lowest BCUT2D eigenvalue weighted by Crippen LogP contribution is -1.85. The van der Waals surface area contributed by atoms with E-state index in [1.54, 1.807) is 12.5 Å². The Morgan fingerprint density at radius 1 is 1.78 bits per heavy atom. The number of nitrogen functional groups attached to an aromatic ring is 1. The fourth-order valence-corrected chi connectivity index (χ4v) is 1.54. The standard InChI is InChI=1S/C5H6ClNOS/c1-8-4-3(6)2-9-5(4)7/h2H,7H2,1H3. The Labute approximate surface area is 62.2 Å². The quantitative estimate of drug-likeness (QED) is 0.687. The van der Waals surface area contributed by atoms with Crippen LogP contribution in [0, 0.1) is 0 Å². The molecule has 1 aromatic heterocycles. The highest BCUT2D eigenvalue weighted by molar-refractivity contribution is 7.15. The smallest absolute Gasteiger partial charge is 0.171 e. The lowest BCUT2D eigenvalue weighted by molar-refractivity contribution is 0.419. The zero-order chi connectivity index (χ0) is 6.85. The van der Waals surface area contributed by atoms with Crippen molar-refractivity contribution >= 4 is 27.9 Å². The Bertz CT molecular complexity index is 191. The molecule has 0 fully saturated rings. The largest absolute Gasteiger partial charge is 0.492 e. The first kappa shape index (κ1) is 6.71. The first-order chi connectivity index (χ1) is 4.25. The summed E-state index contributed by atoms with van der Waals surface area (Å²) in [6.45, 7) is 0. The van der Waals surface area contributed by atoms with E-state index in [1.807, 2.05) is 0 Å². The molecule has 0 atom stereocenters. The fraction of sp³-hybridized carbons (Fsp3) is 0.200. The van der Waals surface area contributed by atoms with Crippen LogP contribution in [0.1, 0.15) is 0 Å². The van der Waals surface area contributed by atoms with E-state index in [4.69, 9.17) is 22.1 Å². The molecule has 0 amide bonds.